The molecule has 21 heavy (non-hydrogen) atoms. The number of hydrogen-bond donors (Lipinski definition) is 1. The third kappa shape index (κ3) is 3.29. The average molecular weight is 279 g/mol. The molecule has 1 aliphatic rings. The minimum absolute atomic E-state index is 0.573. The zero-order chi connectivity index (χ0) is 14.8. The van der Waals surface area contributed by atoms with Gasteiger partial charge >= 0.3 is 0 Å². The molecule has 2 unspecified atom stereocenters. The zero-order valence-corrected chi connectivity index (χ0v) is 13.3. The summed E-state index contributed by atoms with van der Waals surface area (Å²) in [6.45, 7) is 6.68. The van der Waals surface area contributed by atoms with Crippen molar-refractivity contribution in [1.29, 1.82) is 0 Å². The van der Waals surface area contributed by atoms with E-state index in [1.54, 1.807) is 0 Å². The maximum Gasteiger partial charge on any atom is 0.0377 e. The maximum absolute atomic E-state index is 3.61. The molecule has 0 saturated carbocycles. The van der Waals surface area contributed by atoms with Gasteiger partial charge in [0.05, 0.1) is 0 Å². The SMILES string of the molecule is Cc1cc(C)cc(CCC2CC(C)Nc3ccccc32)c1. The summed E-state index contributed by atoms with van der Waals surface area (Å²) in [4.78, 5) is 0. The Kier molecular flexibility index (Phi) is 4.01. The number of hydrogen-bond acceptors (Lipinski definition) is 1. The molecule has 2 aromatic rings. The first-order valence-corrected chi connectivity index (χ1v) is 8.04. The van der Waals surface area contributed by atoms with E-state index in [2.05, 4.69) is 68.6 Å². The molecule has 1 N–H and O–H groups in total. The van der Waals surface area contributed by atoms with Crippen LogP contribution in [0.15, 0.2) is 42.5 Å². The molecule has 3 rings (SSSR count). The Balaban J connectivity index is 1.76. The van der Waals surface area contributed by atoms with Crippen LogP contribution in [0.3, 0.4) is 0 Å². The Morgan fingerprint density at radius 2 is 1.76 bits per heavy atom. The predicted molar refractivity (Wildman–Crippen MR) is 91.1 cm³/mol. The molecule has 0 aliphatic carbocycles. The second kappa shape index (κ2) is 5.93. The summed E-state index contributed by atoms with van der Waals surface area (Å²) in [5.74, 6) is 0.679. The number of nitrogens with one attached hydrogen (secondary N) is 1. The van der Waals surface area contributed by atoms with Gasteiger partial charge in [0.15, 0.2) is 0 Å². The van der Waals surface area contributed by atoms with Gasteiger partial charge in [-0.25, -0.2) is 0 Å². The van der Waals surface area contributed by atoms with Crippen molar-refractivity contribution >= 4 is 5.69 Å². The highest BCUT2D eigenvalue weighted by Crippen LogP contribution is 2.36. The molecule has 1 nitrogen and oxygen atoms in total. The molecule has 1 heterocycles. The molecule has 0 bridgehead atoms. The smallest absolute Gasteiger partial charge is 0.0377 e. The van der Waals surface area contributed by atoms with Crippen LogP contribution in [0, 0.1) is 13.8 Å². The standard InChI is InChI=1S/C20H25N/c1-14-10-15(2)12-17(11-14)8-9-18-13-16(3)21-20-7-5-4-6-19(18)20/h4-7,10-12,16,18,21H,8-9,13H2,1-3H3. The molecular weight excluding hydrogens is 254 g/mol. The summed E-state index contributed by atoms with van der Waals surface area (Å²) in [6, 6.07) is 16.3. The lowest BCUT2D eigenvalue weighted by Gasteiger charge is -2.31. The summed E-state index contributed by atoms with van der Waals surface area (Å²) in [5, 5.41) is 3.61. The van der Waals surface area contributed by atoms with Crippen LogP contribution >= 0.6 is 0 Å². The Labute approximate surface area is 128 Å². The van der Waals surface area contributed by atoms with E-state index in [1.165, 1.54) is 47.2 Å². The molecule has 110 valence electrons. The van der Waals surface area contributed by atoms with E-state index in [4.69, 9.17) is 0 Å². The van der Waals surface area contributed by atoms with Crippen molar-refractivity contribution in [3.8, 4) is 0 Å². The number of aryl methyl sites for hydroxylation is 3. The van der Waals surface area contributed by atoms with Gasteiger partial charge in [-0.15, -0.1) is 0 Å². The van der Waals surface area contributed by atoms with E-state index in [0.29, 0.717) is 12.0 Å². The van der Waals surface area contributed by atoms with E-state index in [0.717, 1.165) is 0 Å². The van der Waals surface area contributed by atoms with Gasteiger partial charge < -0.3 is 5.32 Å². The van der Waals surface area contributed by atoms with Crippen LogP contribution in [0.5, 0.6) is 0 Å². The number of anilines is 1. The van der Waals surface area contributed by atoms with Gasteiger partial charge in [-0.3, -0.25) is 0 Å². The summed E-state index contributed by atoms with van der Waals surface area (Å²) in [6.07, 6.45) is 3.65. The molecule has 0 radical (unpaired) electrons. The van der Waals surface area contributed by atoms with Crippen molar-refractivity contribution in [2.45, 2.75) is 52.0 Å². The number of fused-ring (bicyclic) bond motifs is 1. The Hall–Kier alpha value is -1.76. The van der Waals surface area contributed by atoms with E-state index in [1.807, 2.05) is 0 Å². The second-order valence-corrected chi connectivity index (χ2v) is 6.60. The van der Waals surface area contributed by atoms with Crippen LogP contribution in [0.25, 0.3) is 0 Å². The highest BCUT2D eigenvalue weighted by atomic mass is 14.9. The van der Waals surface area contributed by atoms with Crippen molar-refractivity contribution in [3.63, 3.8) is 0 Å². The van der Waals surface area contributed by atoms with E-state index in [9.17, 15) is 0 Å². The molecule has 1 heteroatoms. The van der Waals surface area contributed by atoms with Gasteiger partial charge in [0.1, 0.15) is 0 Å². The fraction of sp³-hybridized carbons (Fsp3) is 0.400. The van der Waals surface area contributed by atoms with E-state index < -0.39 is 0 Å². The van der Waals surface area contributed by atoms with E-state index in [-0.39, 0.29) is 0 Å². The van der Waals surface area contributed by atoms with Crippen molar-refractivity contribution in [3.05, 3.63) is 64.7 Å². The van der Waals surface area contributed by atoms with Crippen molar-refractivity contribution in [2.75, 3.05) is 5.32 Å². The molecule has 0 fully saturated rings. The largest absolute Gasteiger partial charge is 0.382 e. The average Bonchev–Trinajstić information content (AvgIpc) is 2.43. The molecule has 2 aromatic carbocycles. The lowest BCUT2D eigenvalue weighted by atomic mass is 9.83. The van der Waals surface area contributed by atoms with Crippen LogP contribution in [-0.2, 0) is 6.42 Å². The van der Waals surface area contributed by atoms with Crippen LogP contribution in [0.4, 0.5) is 5.69 Å². The highest BCUT2D eigenvalue weighted by molar-refractivity contribution is 5.55. The van der Waals surface area contributed by atoms with Gasteiger partial charge in [0.2, 0.25) is 0 Å². The van der Waals surface area contributed by atoms with Gasteiger partial charge in [0.25, 0.3) is 0 Å². The molecule has 1 aliphatic heterocycles. The Morgan fingerprint density at radius 3 is 2.52 bits per heavy atom. The first-order valence-electron chi connectivity index (χ1n) is 8.04. The molecule has 2 atom stereocenters. The third-order valence-electron chi connectivity index (χ3n) is 4.50. The molecule has 0 aromatic heterocycles. The summed E-state index contributed by atoms with van der Waals surface area (Å²) >= 11 is 0. The lowest BCUT2D eigenvalue weighted by Crippen LogP contribution is -2.25. The maximum atomic E-state index is 3.61. The fourth-order valence-corrected chi connectivity index (χ4v) is 3.69. The van der Waals surface area contributed by atoms with Gasteiger partial charge in [0, 0.05) is 11.7 Å². The highest BCUT2D eigenvalue weighted by Gasteiger charge is 2.23. The summed E-state index contributed by atoms with van der Waals surface area (Å²) in [5.41, 5.74) is 7.07. The topological polar surface area (TPSA) is 12.0 Å². The second-order valence-electron chi connectivity index (χ2n) is 6.60. The third-order valence-corrected chi connectivity index (χ3v) is 4.50. The van der Waals surface area contributed by atoms with E-state index >= 15 is 0 Å². The minimum atomic E-state index is 0.573. The first-order chi connectivity index (χ1) is 10.1. The Bertz CT molecular complexity index is 609. The minimum Gasteiger partial charge on any atom is -0.382 e. The zero-order valence-electron chi connectivity index (χ0n) is 13.3. The van der Waals surface area contributed by atoms with Gasteiger partial charge in [-0.2, -0.15) is 0 Å². The summed E-state index contributed by atoms with van der Waals surface area (Å²) in [7, 11) is 0. The summed E-state index contributed by atoms with van der Waals surface area (Å²) < 4.78 is 0. The van der Waals surface area contributed by atoms with Crippen LogP contribution in [0.2, 0.25) is 0 Å². The lowest BCUT2D eigenvalue weighted by molar-refractivity contribution is 0.521. The normalized spacial score (nSPS) is 20.7. The Morgan fingerprint density at radius 1 is 1.05 bits per heavy atom. The quantitative estimate of drug-likeness (QED) is 0.811. The monoisotopic (exact) mass is 279 g/mol. The van der Waals surface area contributed by atoms with Crippen LogP contribution in [0.1, 0.15) is 47.9 Å². The van der Waals surface area contributed by atoms with Crippen LogP contribution in [-0.4, -0.2) is 6.04 Å². The first kappa shape index (κ1) is 14.2. The molecule has 0 amide bonds. The van der Waals surface area contributed by atoms with Gasteiger partial charge in [-0.05, 0) is 63.1 Å². The number of para-hydroxylation sites is 1. The molecule has 0 saturated heterocycles. The predicted octanol–water partition coefficient (Wildman–Crippen LogP) is 5.22. The number of benzene rings is 2. The van der Waals surface area contributed by atoms with Crippen molar-refractivity contribution < 1.29 is 0 Å². The fourth-order valence-electron chi connectivity index (χ4n) is 3.69. The number of rotatable bonds is 3. The van der Waals surface area contributed by atoms with Gasteiger partial charge in [-0.1, -0.05) is 47.5 Å². The van der Waals surface area contributed by atoms with Crippen LogP contribution < -0.4 is 5.32 Å². The van der Waals surface area contributed by atoms with Crippen molar-refractivity contribution in [1.82, 2.24) is 0 Å². The molecular formula is C20H25N. The molecule has 0 spiro atoms. The van der Waals surface area contributed by atoms with Crippen molar-refractivity contribution in [2.24, 2.45) is 0 Å².